The van der Waals surface area contributed by atoms with Gasteiger partial charge in [-0.05, 0) is 19.3 Å². The van der Waals surface area contributed by atoms with Crippen molar-refractivity contribution in [3.63, 3.8) is 0 Å². The van der Waals surface area contributed by atoms with Crippen molar-refractivity contribution in [1.29, 1.82) is 0 Å². The molecule has 1 saturated heterocycles. The monoisotopic (exact) mass is 331 g/mol. The van der Waals surface area contributed by atoms with E-state index in [1.54, 1.807) is 12.0 Å². The second-order valence-corrected chi connectivity index (χ2v) is 6.81. The van der Waals surface area contributed by atoms with Gasteiger partial charge in [0.2, 0.25) is 0 Å². The Labute approximate surface area is 132 Å². The number of likely N-dealkylation sites (tertiary alicyclic amines) is 1. The van der Waals surface area contributed by atoms with Crippen LogP contribution in [0.3, 0.4) is 0 Å². The van der Waals surface area contributed by atoms with Gasteiger partial charge >= 0.3 is 6.18 Å². The topological polar surface area (TPSA) is 47.4 Å². The number of carbonyl (C=O) groups excluding carboxylic acids is 1. The molecule has 2 fully saturated rings. The van der Waals surface area contributed by atoms with Crippen molar-refractivity contribution < 1.29 is 22.7 Å². The van der Waals surface area contributed by atoms with E-state index in [0.717, 1.165) is 25.3 Å². The average Bonchev–Trinajstić information content (AvgIpc) is 3.07. The van der Waals surface area contributed by atoms with Crippen LogP contribution in [-0.4, -0.2) is 47.4 Å². The molecule has 0 N–H and O–H groups in total. The van der Waals surface area contributed by atoms with Gasteiger partial charge in [-0.1, -0.05) is 6.92 Å². The molecule has 2 aliphatic rings. The first-order valence-corrected chi connectivity index (χ1v) is 7.68. The molecule has 2 heterocycles. The molecule has 0 bridgehead atoms. The summed E-state index contributed by atoms with van der Waals surface area (Å²) in [5.41, 5.74) is -1.10. The molecule has 1 saturated carbocycles. The Morgan fingerprint density at radius 3 is 2.74 bits per heavy atom. The maximum absolute atomic E-state index is 12.9. The summed E-state index contributed by atoms with van der Waals surface area (Å²) in [5.74, 6) is -0.375. The van der Waals surface area contributed by atoms with Gasteiger partial charge in [0, 0.05) is 31.7 Å². The van der Waals surface area contributed by atoms with E-state index >= 15 is 0 Å². The van der Waals surface area contributed by atoms with Gasteiger partial charge in [-0.15, -0.1) is 0 Å². The Hall–Kier alpha value is -1.57. The van der Waals surface area contributed by atoms with Crippen molar-refractivity contribution >= 4 is 5.91 Å². The van der Waals surface area contributed by atoms with Gasteiger partial charge in [0.15, 0.2) is 5.69 Å². The molecule has 8 heteroatoms. The van der Waals surface area contributed by atoms with Crippen molar-refractivity contribution in [3.05, 3.63) is 17.5 Å². The first-order valence-electron chi connectivity index (χ1n) is 7.68. The lowest BCUT2D eigenvalue weighted by Gasteiger charge is -2.23. The molecule has 1 amide bonds. The van der Waals surface area contributed by atoms with Crippen LogP contribution in [0.5, 0.6) is 0 Å². The second kappa shape index (κ2) is 5.51. The minimum absolute atomic E-state index is 0.0430. The highest BCUT2D eigenvalue weighted by Crippen LogP contribution is 2.39. The number of methoxy groups -OCH3 is 1. The van der Waals surface area contributed by atoms with E-state index in [9.17, 15) is 18.0 Å². The van der Waals surface area contributed by atoms with Crippen LogP contribution in [0.2, 0.25) is 0 Å². The summed E-state index contributed by atoms with van der Waals surface area (Å²) in [7, 11) is 1.60. The van der Waals surface area contributed by atoms with E-state index in [-0.39, 0.29) is 23.1 Å². The van der Waals surface area contributed by atoms with E-state index in [4.69, 9.17) is 4.74 Å². The molecule has 0 radical (unpaired) electrons. The third-order valence-electron chi connectivity index (χ3n) is 4.48. The first-order chi connectivity index (χ1) is 10.7. The molecule has 5 nitrogen and oxygen atoms in total. The molecule has 1 aromatic heterocycles. The SMILES string of the molecule is COCC1(C)CCN(C(=O)c2cc(C(F)(F)F)nn2C2CC2)C1. The van der Waals surface area contributed by atoms with Crippen LogP contribution in [0.25, 0.3) is 0 Å². The van der Waals surface area contributed by atoms with Crippen molar-refractivity contribution in [2.24, 2.45) is 5.41 Å². The Morgan fingerprint density at radius 2 is 2.17 bits per heavy atom. The normalized spacial score (nSPS) is 25.2. The predicted molar refractivity (Wildman–Crippen MR) is 76.0 cm³/mol. The molecule has 23 heavy (non-hydrogen) atoms. The molecule has 1 aliphatic heterocycles. The fourth-order valence-corrected chi connectivity index (χ4v) is 3.12. The van der Waals surface area contributed by atoms with Crippen LogP contribution in [0.4, 0.5) is 13.2 Å². The minimum Gasteiger partial charge on any atom is -0.384 e. The molecule has 1 atom stereocenters. The van der Waals surface area contributed by atoms with Gasteiger partial charge in [0.1, 0.15) is 5.69 Å². The number of aromatic nitrogens is 2. The van der Waals surface area contributed by atoms with Crippen LogP contribution < -0.4 is 0 Å². The number of nitrogens with zero attached hydrogens (tertiary/aromatic N) is 3. The van der Waals surface area contributed by atoms with Gasteiger partial charge in [-0.3, -0.25) is 9.48 Å². The summed E-state index contributed by atoms with van der Waals surface area (Å²) in [5, 5.41) is 3.63. The first kappa shape index (κ1) is 16.3. The van der Waals surface area contributed by atoms with Gasteiger partial charge in [-0.25, -0.2) is 0 Å². The lowest BCUT2D eigenvalue weighted by Crippen LogP contribution is -2.34. The standard InChI is InChI=1S/C15H20F3N3O2/c1-14(9-23-2)5-6-20(8-14)13(22)11-7-12(15(16,17)18)19-21(11)10-3-4-10/h7,10H,3-6,8-9H2,1-2H3. The van der Waals surface area contributed by atoms with Gasteiger partial charge in [-0.2, -0.15) is 18.3 Å². The fraction of sp³-hybridized carbons (Fsp3) is 0.733. The van der Waals surface area contributed by atoms with Crippen molar-refractivity contribution in [2.45, 2.75) is 38.4 Å². The number of halogens is 3. The van der Waals surface area contributed by atoms with Crippen LogP contribution >= 0.6 is 0 Å². The molecule has 0 aromatic carbocycles. The number of hydrogen-bond acceptors (Lipinski definition) is 3. The quantitative estimate of drug-likeness (QED) is 0.852. The number of alkyl halides is 3. The predicted octanol–water partition coefficient (Wildman–Crippen LogP) is 2.74. The third-order valence-corrected chi connectivity index (χ3v) is 4.48. The van der Waals surface area contributed by atoms with E-state index in [1.807, 2.05) is 6.92 Å². The summed E-state index contributed by atoms with van der Waals surface area (Å²) in [6.07, 6.45) is -2.23. The number of carbonyl (C=O) groups is 1. The summed E-state index contributed by atoms with van der Waals surface area (Å²) in [6, 6.07) is 0.796. The van der Waals surface area contributed by atoms with Crippen molar-refractivity contribution in [1.82, 2.24) is 14.7 Å². The minimum atomic E-state index is -4.54. The van der Waals surface area contributed by atoms with E-state index in [1.165, 1.54) is 4.68 Å². The molecule has 3 rings (SSSR count). The molecule has 1 unspecified atom stereocenters. The second-order valence-electron chi connectivity index (χ2n) is 6.81. The molecule has 1 aliphatic carbocycles. The third kappa shape index (κ3) is 3.22. The highest BCUT2D eigenvalue weighted by Gasteiger charge is 2.42. The van der Waals surface area contributed by atoms with Gasteiger partial charge in [0.05, 0.1) is 12.6 Å². The fourth-order valence-electron chi connectivity index (χ4n) is 3.12. The maximum Gasteiger partial charge on any atom is 0.435 e. The van der Waals surface area contributed by atoms with Crippen LogP contribution in [0.15, 0.2) is 6.07 Å². The van der Waals surface area contributed by atoms with Crippen molar-refractivity contribution in [2.75, 3.05) is 26.8 Å². The Bertz CT molecular complexity index is 610. The lowest BCUT2D eigenvalue weighted by molar-refractivity contribution is -0.141. The summed E-state index contributed by atoms with van der Waals surface area (Å²) in [4.78, 5) is 14.3. The van der Waals surface area contributed by atoms with Crippen molar-refractivity contribution in [3.8, 4) is 0 Å². The highest BCUT2D eigenvalue weighted by atomic mass is 19.4. The van der Waals surface area contributed by atoms with E-state index in [0.29, 0.717) is 19.7 Å². The van der Waals surface area contributed by atoms with Gasteiger partial charge in [0.25, 0.3) is 5.91 Å². The molecule has 0 spiro atoms. The zero-order chi connectivity index (χ0) is 16.8. The number of rotatable bonds is 4. The van der Waals surface area contributed by atoms with Crippen LogP contribution in [0.1, 0.15) is 48.4 Å². The summed E-state index contributed by atoms with van der Waals surface area (Å²) < 4.78 is 45.2. The summed E-state index contributed by atoms with van der Waals surface area (Å²) in [6.45, 7) is 3.54. The van der Waals surface area contributed by atoms with Gasteiger partial charge < -0.3 is 9.64 Å². The van der Waals surface area contributed by atoms with E-state index in [2.05, 4.69) is 5.10 Å². The number of amides is 1. The largest absolute Gasteiger partial charge is 0.435 e. The smallest absolute Gasteiger partial charge is 0.384 e. The average molecular weight is 331 g/mol. The zero-order valence-electron chi connectivity index (χ0n) is 13.2. The maximum atomic E-state index is 12.9. The molecule has 1 aromatic rings. The van der Waals surface area contributed by atoms with E-state index < -0.39 is 11.9 Å². The molecule has 128 valence electrons. The number of ether oxygens (including phenoxy) is 1. The molecular formula is C15H20F3N3O2. The Kier molecular flexibility index (Phi) is 3.90. The Balaban J connectivity index is 1.84. The Morgan fingerprint density at radius 1 is 1.48 bits per heavy atom. The zero-order valence-corrected chi connectivity index (χ0v) is 13.2. The lowest BCUT2D eigenvalue weighted by atomic mass is 9.91. The highest BCUT2D eigenvalue weighted by molar-refractivity contribution is 5.93. The number of hydrogen-bond donors (Lipinski definition) is 0. The summed E-state index contributed by atoms with van der Waals surface area (Å²) >= 11 is 0. The van der Waals surface area contributed by atoms with Crippen LogP contribution in [0, 0.1) is 5.41 Å². The van der Waals surface area contributed by atoms with Crippen LogP contribution in [-0.2, 0) is 10.9 Å². The molecular weight excluding hydrogens is 311 g/mol.